The summed E-state index contributed by atoms with van der Waals surface area (Å²) in [4.78, 5) is 32.5. The fourth-order valence-electron chi connectivity index (χ4n) is 4.71. The molecule has 2 aromatic carbocycles. The zero-order valence-electron chi connectivity index (χ0n) is 19.9. The van der Waals surface area contributed by atoms with Crippen LogP contribution in [0.4, 0.5) is 5.13 Å². The Balaban J connectivity index is 1.48. The molecule has 6 nitrogen and oxygen atoms in total. The summed E-state index contributed by atoms with van der Waals surface area (Å²) in [7, 11) is 1.60. The van der Waals surface area contributed by atoms with Gasteiger partial charge in [0, 0.05) is 26.5 Å². The van der Waals surface area contributed by atoms with Crippen LogP contribution in [-0.4, -0.2) is 28.5 Å². The van der Waals surface area contributed by atoms with Crippen molar-refractivity contribution in [3.8, 4) is 5.75 Å². The number of carbonyl (C=O) groups excluding carboxylic acids is 2. The van der Waals surface area contributed by atoms with Crippen LogP contribution in [0.15, 0.2) is 42.5 Å². The lowest BCUT2D eigenvalue weighted by Crippen LogP contribution is -2.16. The lowest BCUT2D eigenvalue weighted by atomic mass is 9.93. The van der Waals surface area contributed by atoms with Gasteiger partial charge in [-0.05, 0) is 80.1 Å². The minimum atomic E-state index is -0.178. The number of hydrogen-bond acceptors (Lipinski definition) is 5. The van der Waals surface area contributed by atoms with Gasteiger partial charge in [0.05, 0.1) is 24.7 Å². The van der Waals surface area contributed by atoms with E-state index in [-0.39, 0.29) is 18.2 Å². The van der Waals surface area contributed by atoms with E-state index in [1.807, 2.05) is 25.1 Å². The Morgan fingerprint density at radius 2 is 2.00 bits per heavy atom. The second-order valence-electron chi connectivity index (χ2n) is 9.06. The maximum atomic E-state index is 13.5. The van der Waals surface area contributed by atoms with Gasteiger partial charge in [-0.2, -0.15) is 0 Å². The van der Waals surface area contributed by atoms with Crippen molar-refractivity contribution in [2.75, 3.05) is 12.4 Å². The normalized spacial score (nSPS) is 15.1. The van der Waals surface area contributed by atoms with E-state index in [9.17, 15) is 9.59 Å². The maximum Gasteiger partial charge on any atom is 0.262 e. The second kappa shape index (κ2) is 9.47. The summed E-state index contributed by atoms with van der Waals surface area (Å²) in [6, 6.07) is 12.3. The molecule has 0 radical (unpaired) electrons. The predicted molar refractivity (Wildman–Crippen MR) is 140 cm³/mol. The smallest absolute Gasteiger partial charge is 0.262 e. The first kappa shape index (κ1) is 23.6. The van der Waals surface area contributed by atoms with Crippen LogP contribution >= 0.6 is 22.9 Å². The first-order chi connectivity index (χ1) is 16.8. The molecule has 1 atom stereocenters. The molecule has 0 spiro atoms. The molecule has 180 valence electrons. The van der Waals surface area contributed by atoms with Gasteiger partial charge in [-0.1, -0.05) is 18.5 Å². The Bertz CT molecular complexity index is 1440. The fraction of sp³-hybridized carbons (Fsp3) is 0.296. The van der Waals surface area contributed by atoms with E-state index < -0.39 is 0 Å². The van der Waals surface area contributed by atoms with Gasteiger partial charge >= 0.3 is 0 Å². The van der Waals surface area contributed by atoms with E-state index in [2.05, 4.69) is 17.2 Å². The summed E-state index contributed by atoms with van der Waals surface area (Å²) in [5.41, 5.74) is 3.85. The Morgan fingerprint density at radius 3 is 2.74 bits per heavy atom. The number of methoxy groups -OCH3 is 1. The molecule has 8 heteroatoms. The van der Waals surface area contributed by atoms with Gasteiger partial charge in [0.25, 0.3) is 5.91 Å². The number of aromatic nitrogens is 2. The number of hydrogen-bond donors (Lipinski definition) is 1. The van der Waals surface area contributed by atoms with E-state index in [1.54, 1.807) is 47.3 Å². The number of ether oxygens (including phenoxy) is 1. The molecule has 1 aliphatic carbocycles. The number of carbonyl (C=O) groups is 2. The number of fused-ring (bicyclic) bond motifs is 2. The minimum absolute atomic E-state index is 0.122. The molecule has 5 rings (SSSR count). The second-order valence-corrected chi connectivity index (χ2v) is 10.6. The summed E-state index contributed by atoms with van der Waals surface area (Å²) in [6.45, 7) is 4.12. The monoisotopic (exact) mass is 507 g/mol. The first-order valence-corrected chi connectivity index (χ1v) is 12.8. The molecule has 2 heterocycles. The van der Waals surface area contributed by atoms with Crippen LogP contribution in [0.3, 0.4) is 0 Å². The van der Waals surface area contributed by atoms with Crippen LogP contribution in [-0.2, 0) is 24.1 Å². The molecular formula is C27H26ClN3O3S. The third-order valence-electron chi connectivity index (χ3n) is 6.61. The summed E-state index contributed by atoms with van der Waals surface area (Å²) >= 11 is 7.58. The summed E-state index contributed by atoms with van der Waals surface area (Å²) in [5.74, 6) is 0.973. The third kappa shape index (κ3) is 4.58. The molecule has 4 aromatic rings. The number of amides is 1. The van der Waals surface area contributed by atoms with Crippen LogP contribution < -0.4 is 10.1 Å². The maximum absolute atomic E-state index is 13.5. The quantitative estimate of drug-likeness (QED) is 0.356. The van der Waals surface area contributed by atoms with E-state index in [4.69, 9.17) is 16.3 Å². The number of anilines is 1. The molecular weight excluding hydrogens is 482 g/mol. The van der Waals surface area contributed by atoms with Crippen molar-refractivity contribution in [2.45, 2.75) is 39.5 Å². The van der Waals surface area contributed by atoms with Crippen LogP contribution in [0.1, 0.15) is 45.5 Å². The Morgan fingerprint density at radius 1 is 1.23 bits per heavy atom. The molecule has 0 aliphatic heterocycles. The van der Waals surface area contributed by atoms with Crippen molar-refractivity contribution in [3.63, 3.8) is 0 Å². The molecule has 0 fully saturated rings. The van der Waals surface area contributed by atoms with Crippen molar-refractivity contribution < 1.29 is 14.3 Å². The predicted octanol–water partition coefficient (Wildman–Crippen LogP) is 6.06. The molecule has 0 saturated heterocycles. The average Bonchev–Trinajstić information content (AvgIpc) is 3.35. The molecule has 1 aliphatic rings. The number of thiazole rings is 1. The van der Waals surface area contributed by atoms with Gasteiger partial charge in [-0.25, -0.2) is 4.98 Å². The molecule has 1 unspecified atom stereocenters. The highest BCUT2D eigenvalue weighted by Crippen LogP contribution is 2.33. The van der Waals surface area contributed by atoms with Crippen molar-refractivity contribution in [2.24, 2.45) is 5.92 Å². The van der Waals surface area contributed by atoms with Crippen LogP contribution in [0, 0.1) is 12.8 Å². The molecule has 1 N–H and O–H groups in total. The Kier molecular flexibility index (Phi) is 6.38. The van der Waals surface area contributed by atoms with Gasteiger partial charge in [0.15, 0.2) is 5.13 Å². The molecule has 0 bridgehead atoms. The van der Waals surface area contributed by atoms with Crippen molar-refractivity contribution in [3.05, 3.63) is 74.9 Å². The molecule has 1 amide bonds. The summed E-state index contributed by atoms with van der Waals surface area (Å²) in [5, 5.41) is 5.01. The van der Waals surface area contributed by atoms with Gasteiger partial charge in [0.2, 0.25) is 5.91 Å². The van der Waals surface area contributed by atoms with Crippen molar-refractivity contribution in [1.82, 2.24) is 9.55 Å². The Hall–Kier alpha value is -3.16. The SMILES string of the molecule is COc1ccc2c(c1)c(CC(=O)Nc1nc3c(s1)CC(C)CC3)c(C)n2C(=O)c1ccc(Cl)cc1. The summed E-state index contributed by atoms with van der Waals surface area (Å²) < 4.78 is 7.08. The number of halogens is 1. The van der Waals surface area contributed by atoms with Crippen LogP contribution in [0.5, 0.6) is 5.75 Å². The van der Waals surface area contributed by atoms with E-state index in [0.29, 0.717) is 27.4 Å². The zero-order valence-corrected chi connectivity index (χ0v) is 21.4. The topological polar surface area (TPSA) is 73.2 Å². The van der Waals surface area contributed by atoms with Gasteiger partial charge in [-0.3, -0.25) is 14.2 Å². The van der Waals surface area contributed by atoms with Crippen LogP contribution in [0.25, 0.3) is 10.9 Å². The van der Waals surface area contributed by atoms with Gasteiger partial charge in [-0.15, -0.1) is 11.3 Å². The van der Waals surface area contributed by atoms with E-state index in [1.165, 1.54) is 4.88 Å². The number of aryl methyl sites for hydroxylation is 1. The largest absolute Gasteiger partial charge is 0.497 e. The highest BCUT2D eigenvalue weighted by Gasteiger charge is 2.24. The number of nitrogens with one attached hydrogen (secondary N) is 1. The lowest BCUT2D eigenvalue weighted by Gasteiger charge is -2.15. The molecule has 35 heavy (non-hydrogen) atoms. The first-order valence-electron chi connectivity index (χ1n) is 11.6. The van der Waals surface area contributed by atoms with Crippen LogP contribution in [0.2, 0.25) is 5.02 Å². The lowest BCUT2D eigenvalue weighted by molar-refractivity contribution is -0.115. The zero-order chi connectivity index (χ0) is 24.7. The summed E-state index contributed by atoms with van der Waals surface area (Å²) in [6.07, 6.45) is 3.23. The number of rotatable bonds is 5. The minimum Gasteiger partial charge on any atom is -0.497 e. The van der Waals surface area contributed by atoms with Gasteiger partial charge < -0.3 is 10.1 Å². The van der Waals surface area contributed by atoms with E-state index >= 15 is 0 Å². The Labute approximate surface area is 212 Å². The fourth-order valence-corrected chi connectivity index (χ4v) is 6.03. The standard InChI is InChI=1S/C27H26ClN3O3S/c1-15-4-10-22-24(12-15)35-27(29-22)30-25(32)14-20-16(2)31(23-11-9-19(34-3)13-21(20)23)26(33)17-5-7-18(28)8-6-17/h5-9,11,13,15H,4,10,12,14H2,1-3H3,(H,29,30,32). The molecule has 2 aromatic heterocycles. The third-order valence-corrected chi connectivity index (χ3v) is 7.89. The highest BCUT2D eigenvalue weighted by atomic mass is 35.5. The highest BCUT2D eigenvalue weighted by molar-refractivity contribution is 7.15. The number of nitrogens with zero attached hydrogens (tertiary/aromatic N) is 2. The van der Waals surface area contributed by atoms with Crippen molar-refractivity contribution in [1.29, 1.82) is 0 Å². The number of benzene rings is 2. The van der Waals surface area contributed by atoms with Gasteiger partial charge in [0.1, 0.15) is 5.75 Å². The van der Waals surface area contributed by atoms with Crippen molar-refractivity contribution >= 4 is 50.8 Å². The average molecular weight is 508 g/mol. The van der Waals surface area contributed by atoms with E-state index in [0.717, 1.165) is 47.1 Å². The molecule has 0 saturated carbocycles.